The van der Waals surface area contributed by atoms with Crippen molar-refractivity contribution in [3.63, 3.8) is 0 Å². The van der Waals surface area contributed by atoms with Crippen LogP contribution in [-0.4, -0.2) is 34.2 Å². The van der Waals surface area contributed by atoms with Gasteiger partial charge >= 0.3 is 0 Å². The summed E-state index contributed by atoms with van der Waals surface area (Å²) in [6, 6.07) is 30.0. The first-order valence-corrected chi connectivity index (χ1v) is 13.6. The molecule has 1 N–H and O–H groups in total. The van der Waals surface area contributed by atoms with Gasteiger partial charge < -0.3 is 9.47 Å². The van der Waals surface area contributed by atoms with Gasteiger partial charge in [-0.15, -0.1) is 0 Å². The number of methoxy groups -OCH3 is 1. The van der Waals surface area contributed by atoms with Gasteiger partial charge in [0.1, 0.15) is 13.2 Å². The third-order valence-electron chi connectivity index (χ3n) is 5.77. The van der Waals surface area contributed by atoms with Crippen LogP contribution in [0, 0.1) is 6.92 Å². The molecule has 4 aromatic rings. The average Bonchev–Trinajstić information content (AvgIpc) is 2.96. The minimum absolute atomic E-state index is 0.0925. The van der Waals surface area contributed by atoms with Crippen molar-refractivity contribution in [3.05, 3.63) is 120 Å². The summed E-state index contributed by atoms with van der Waals surface area (Å²) in [7, 11) is -2.45. The Morgan fingerprint density at radius 3 is 2.23 bits per heavy atom. The van der Waals surface area contributed by atoms with E-state index in [0.29, 0.717) is 29.4 Å². The van der Waals surface area contributed by atoms with Crippen LogP contribution in [0.5, 0.6) is 11.5 Å². The molecular weight excluding hydrogens is 514 g/mol. The van der Waals surface area contributed by atoms with Crippen LogP contribution in [0.15, 0.2) is 113 Å². The zero-order valence-corrected chi connectivity index (χ0v) is 22.5. The van der Waals surface area contributed by atoms with Gasteiger partial charge in [0.2, 0.25) is 0 Å². The van der Waals surface area contributed by atoms with E-state index in [1.54, 1.807) is 67.8 Å². The second kappa shape index (κ2) is 12.7. The molecule has 39 heavy (non-hydrogen) atoms. The average molecular weight is 544 g/mol. The molecule has 0 aromatic heterocycles. The summed E-state index contributed by atoms with van der Waals surface area (Å²) in [5.41, 5.74) is 5.40. The van der Waals surface area contributed by atoms with Crippen LogP contribution < -0.4 is 19.2 Å². The highest BCUT2D eigenvalue weighted by atomic mass is 32.2. The lowest BCUT2D eigenvalue weighted by Gasteiger charge is -2.23. The number of hydrazone groups is 1. The van der Waals surface area contributed by atoms with E-state index in [4.69, 9.17) is 9.47 Å². The fourth-order valence-corrected chi connectivity index (χ4v) is 5.13. The van der Waals surface area contributed by atoms with Crippen LogP contribution in [0.3, 0.4) is 0 Å². The number of nitrogens with one attached hydrogen (secondary N) is 1. The van der Waals surface area contributed by atoms with Crippen LogP contribution in [0.25, 0.3) is 0 Å². The summed E-state index contributed by atoms with van der Waals surface area (Å²) in [5.74, 6) is 0.489. The molecule has 1 amide bonds. The van der Waals surface area contributed by atoms with Crippen molar-refractivity contribution in [2.24, 2.45) is 5.10 Å². The summed E-state index contributed by atoms with van der Waals surface area (Å²) in [6.07, 6.45) is 1.45. The molecule has 8 nitrogen and oxygen atoms in total. The molecular formula is C30H29N3O5S. The lowest BCUT2D eigenvalue weighted by molar-refractivity contribution is -0.119. The molecule has 0 saturated carbocycles. The molecule has 0 aliphatic rings. The minimum Gasteiger partial charge on any atom is -0.493 e. The van der Waals surface area contributed by atoms with Crippen LogP contribution >= 0.6 is 0 Å². The first-order valence-electron chi connectivity index (χ1n) is 12.2. The van der Waals surface area contributed by atoms with E-state index in [2.05, 4.69) is 10.5 Å². The van der Waals surface area contributed by atoms with Gasteiger partial charge in [-0.2, -0.15) is 5.10 Å². The highest BCUT2D eigenvalue weighted by Gasteiger charge is 2.27. The molecule has 0 bridgehead atoms. The number of carbonyl (C=O) groups excluding carboxylic acids is 1. The number of hydrogen-bond donors (Lipinski definition) is 1. The number of rotatable bonds is 11. The molecule has 4 rings (SSSR count). The number of hydrogen-bond acceptors (Lipinski definition) is 6. The molecule has 0 aliphatic carbocycles. The predicted molar refractivity (Wildman–Crippen MR) is 152 cm³/mol. The first kappa shape index (κ1) is 27.4. The first-order chi connectivity index (χ1) is 18.9. The molecule has 9 heteroatoms. The molecule has 0 unspecified atom stereocenters. The Bertz CT molecular complexity index is 1520. The number of anilines is 1. The summed E-state index contributed by atoms with van der Waals surface area (Å²) in [4.78, 5) is 12.9. The van der Waals surface area contributed by atoms with E-state index >= 15 is 0 Å². The largest absolute Gasteiger partial charge is 0.493 e. The number of benzene rings is 4. The van der Waals surface area contributed by atoms with Crippen molar-refractivity contribution in [3.8, 4) is 11.5 Å². The van der Waals surface area contributed by atoms with E-state index in [1.807, 2.05) is 37.3 Å². The topological polar surface area (TPSA) is 97.3 Å². The number of carbonyl (C=O) groups is 1. The monoisotopic (exact) mass is 543 g/mol. The molecule has 0 aliphatic heterocycles. The van der Waals surface area contributed by atoms with Crippen molar-refractivity contribution in [1.82, 2.24) is 5.43 Å². The molecule has 0 radical (unpaired) electrons. The van der Waals surface area contributed by atoms with E-state index in [-0.39, 0.29) is 4.90 Å². The molecule has 0 spiro atoms. The van der Waals surface area contributed by atoms with Crippen molar-refractivity contribution in [1.29, 1.82) is 0 Å². The van der Waals surface area contributed by atoms with Crippen LogP contribution in [0.4, 0.5) is 5.69 Å². The number of sulfonamides is 1. The van der Waals surface area contributed by atoms with E-state index in [9.17, 15) is 13.2 Å². The zero-order chi connectivity index (χ0) is 27.7. The summed E-state index contributed by atoms with van der Waals surface area (Å²) >= 11 is 0. The third kappa shape index (κ3) is 7.24. The molecule has 0 atom stereocenters. The fraction of sp³-hybridized carbons (Fsp3) is 0.133. The maximum Gasteiger partial charge on any atom is 0.264 e. The minimum atomic E-state index is -3.99. The van der Waals surface area contributed by atoms with Crippen LogP contribution in [-0.2, 0) is 21.4 Å². The Hall–Kier alpha value is -4.63. The van der Waals surface area contributed by atoms with E-state index < -0.39 is 22.5 Å². The molecule has 200 valence electrons. The number of ether oxygens (including phenoxy) is 2. The van der Waals surface area contributed by atoms with Crippen molar-refractivity contribution in [2.75, 3.05) is 18.0 Å². The van der Waals surface area contributed by atoms with Gasteiger partial charge in [0, 0.05) is 0 Å². The normalized spacial score (nSPS) is 11.2. The lowest BCUT2D eigenvalue weighted by atomic mass is 10.2. The molecule has 0 fully saturated rings. The number of para-hydroxylation sites is 1. The maximum atomic E-state index is 13.4. The Morgan fingerprint density at radius 1 is 0.897 bits per heavy atom. The Morgan fingerprint density at radius 2 is 1.56 bits per heavy atom. The van der Waals surface area contributed by atoms with E-state index in [1.165, 1.54) is 18.3 Å². The standard InChI is InChI=1S/C30H29N3O5S/c1-23-13-16-27(17-14-23)39(35,36)33(26-11-7-4-8-12-26)21-30(34)32-31-20-25-15-18-28(29(19-25)37-2)38-22-24-9-5-3-6-10-24/h3-20H,21-22H2,1-2H3,(H,32,34)/b31-20-. The van der Waals surface area contributed by atoms with Gasteiger partial charge in [0.05, 0.1) is 23.9 Å². The summed E-state index contributed by atoms with van der Waals surface area (Å²) < 4.78 is 39.2. The number of nitrogens with zero attached hydrogens (tertiary/aromatic N) is 2. The van der Waals surface area contributed by atoms with Gasteiger partial charge in [-0.3, -0.25) is 9.10 Å². The van der Waals surface area contributed by atoms with Gasteiger partial charge in [-0.05, 0) is 60.5 Å². The quantitative estimate of drug-likeness (QED) is 0.214. The van der Waals surface area contributed by atoms with Gasteiger partial charge in [-0.1, -0.05) is 66.2 Å². The number of aryl methyl sites for hydroxylation is 1. The molecule has 0 heterocycles. The lowest BCUT2D eigenvalue weighted by Crippen LogP contribution is -2.39. The second-order valence-electron chi connectivity index (χ2n) is 8.64. The van der Waals surface area contributed by atoms with Crippen LogP contribution in [0.1, 0.15) is 16.7 Å². The third-order valence-corrected chi connectivity index (χ3v) is 7.56. The van der Waals surface area contributed by atoms with E-state index in [0.717, 1.165) is 15.4 Å². The highest BCUT2D eigenvalue weighted by Crippen LogP contribution is 2.28. The smallest absolute Gasteiger partial charge is 0.264 e. The van der Waals surface area contributed by atoms with Gasteiger partial charge in [0.15, 0.2) is 11.5 Å². The fourth-order valence-electron chi connectivity index (χ4n) is 3.71. The molecule has 0 saturated heterocycles. The zero-order valence-electron chi connectivity index (χ0n) is 21.7. The Balaban J connectivity index is 1.44. The summed E-state index contributed by atoms with van der Waals surface area (Å²) in [6.45, 7) is 1.81. The Labute approximate surface area is 228 Å². The Kier molecular flexibility index (Phi) is 8.96. The predicted octanol–water partition coefficient (Wildman–Crippen LogP) is 4.93. The van der Waals surface area contributed by atoms with Crippen molar-refractivity contribution in [2.45, 2.75) is 18.4 Å². The molecule has 4 aromatic carbocycles. The van der Waals surface area contributed by atoms with Crippen LogP contribution in [0.2, 0.25) is 0 Å². The van der Waals surface area contributed by atoms with Crippen molar-refractivity contribution < 1.29 is 22.7 Å². The van der Waals surface area contributed by atoms with Crippen molar-refractivity contribution >= 4 is 27.8 Å². The van der Waals surface area contributed by atoms with Gasteiger partial charge in [0.25, 0.3) is 15.9 Å². The van der Waals surface area contributed by atoms with Gasteiger partial charge in [-0.25, -0.2) is 13.8 Å². The summed E-state index contributed by atoms with van der Waals surface area (Å²) in [5, 5.41) is 4.01. The highest BCUT2D eigenvalue weighted by molar-refractivity contribution is 7.92. The SMILES string of the molecule is COc1cc(/C=N\NC(=O)CN(c2ccccc2)S(=O)(=O)c2ccc(C)cc2)ccc1OCc1ccccc1. The number of amides is 1. The second-order valence-corrected chi connectivity index (χ2v) is 10.5. The maximum absolute atomic E-state index is 13.4.